The molecule has 34 heavy (non-hydrogen) atoms. The van der Waals surface area contributed by atoms with Gasteiger partial charge in [0.2, 0.25) is 0 Å². The standard InChI is InChI=1S/C25H22Cl2N2O3S2/c26-14-3-6-16(7-4-14)28-19(30)11-32-18-8-5-15(27)10-17(18)21-20-12-1-2-13(9-12)22(20)33-24-23(21)34-25(31)29-24/h3-8,10,12-13,20-22H,1-2,9,11H2,(H,28,30)(H,29,31)/t12-,13-,20+,21-,22-/m0/s1. The minimum absolute atomic E-state index is 0.0262. The summed E-state index contributed by atoms with van der Waals surface area (Å²) < 4.78 is 6.07. The van der Waals surface area contributed by atoms with Gasteiger partial charge < -0.3 is 15.0 Å². The number of ether oxygens (including phenoxy) is 1. The van der Waals surface area contributed by atoms with Gasteiger partial charge in [0.25, 0.3) is 5.91 Å². The molecule has 2 bridgehead atoms. The second kappa shape index (κ2) is 8.94. The van der Waals surface area contributed by atoms with Crippen LogP contribution in [0.4, 0.5) is 5.69 Å². The molecule has 1 aliphatic heterocycles. The number of anilines is 1. The number of hydrogen-bond acceptors (Lipinski definition) is 5. The van der Waals surface area contributed by atoms with Gasteiger partial charge in [-0.3, -0.25) is 9.59 Å². The molecular formula is C25H22Cl2N2O3S2. The molecule has 2 aliphatic carbocycles. The van der Waals surface area contributed by atoms with E-state index in [1.165, 1.54) is 30.6 Å². The Labute approximate surface area is 215 Å². The molecule has 0 unspecified atom stereocenters. The van der Waals surface area contributed by atoms with Gasteiger partial charge in [0.15, 0.2) is 6.61 Å². The molecule has 0 radical (unpaired) electrons. The first-order chi connectivity index (χ1) is 16.5. The average molecular weight is 534 g/mol. The second-order valence-corrected chi connectivity index (χ2v) is 12.3. The molecule has 0 saturated heterocycles. The van der Waals surface area contributed by atoms with Crippen molar-refractivity contribution in [3.05, 3.63) is 72.6 Å². The third kappa shape index (κ3) is 4.06. The largest absolute Gasteiger partial charge is 0.483 e. The van der Waals surface area contributed by atoms with E-state index in [0.717, 1.165) is 15.5 Å². The van der Waals surface area contributed by atoms with Crippen LogP contribution in [0.15, 0.2) is 52.3 Å². The minimum Gasteiger partial charge on any atom is -0.483 e. The van der Waals surface area contributed by atoms with E-state index in [2.05, 4.69) is 10.3 Å². The van der Waals surface area contributed by atoms with Gasteiger partial charge in [0.1, 0.15) is 5.75 Å². The number of aromatic nitrogens is 1. The van der Waals surface area contributed by atoms with Gasteiger partial charge in [0.05, 0.1) is 5.03 Å². The molecule has 6 rings (SSSR count). The molecule has 2 saturated carbocycles. The number of carbonyl (C=O) groups is 1. The summed E-state index contributed by atoms with van der Waals surface area (Å²) in [6.45, 7) is -0.130. The molecule has 9 heteroatoms. The van der Waals surface area contributed by atoms with Crippen LogP contribution in [0, 0.1) is 17.8 Å². The number of fused-ring (bicyclic) bond motifs is 6. The maximum atomic E-state index is 12.6. The molecule has 5 nitrogen and oxygen atoms in total. The predicted octanol–water partition coefficient (Wildman–Crippen LogP) is 6.41. The van der Waals surface area contributed by atoms with Gasteiger partial charge in [0, 0.05) is 37.3 Å². The monoisotopic (exact) mass is 532 g/mol. The lowest BCUT2D eigenvalue weighted by Gasteiger charge is -2.40. The van der Waals surface area contributed by atoms with Crippen molar-refractivity contribution < 1.29 is 9.53 Å². The number of rotatable bonds is 5. The van der Waals surface area contributed by atoms with Gasteiger partial charge in [-0.2, -0.15) is 0 Å². The highest BCUT2D eigenvalue weighted by Crippen LogP contribution is 2.64. The quantitative estimate of drug-likeness (QED) is 0.398. The van der Waals surface area contributed by atoms with E-state index >= 15 is 0 Å². The fraction of sp³-hybridized carbons (Fsp3) is 0.360. The Balaban J connectivity index is 1.30. The van der Waals surface area contributed by atoms with E-state index in [0.29, 0.717) is 44.5 Å². The first kappa shape index (κ1) is 22.5. The summed E-state index contributed by atoms with van der Waals surface area (Å²) >= 11 is 15.5. The van der Waals surface area contributed by atoms with Crippen LogP contribution in [-0.4, -0.2) is 22.7 Å². The summed E-state index contributed by atoms with van der Waals surface area (Å²) in [5.41, 5.74) is 1.62. The van der Waals surface area contributed by atoms with Crippen molar-refractivity contribution in [3.63, 3.8) is 0 Å². The number of amides is 1. The first-order valence-electron chi connectivity index (χ1n) is 11.3. The van der Waals surface area contributed by atoms with Gasteiger partial charge >= 0.3 is 4.87 Å². The molecule has 0 spiro atoms. The number of hydrogen-bond donors (Lipinski definition) is 2. The minimum atomic E-state index is -0.257. The Hall–Kier alpha value is -1.93. The van der Waals surface area contributed by atoms with E-state index < -0.39 is 0 Å². The van der Waals surface area contributed by atoms with Gasteiger partial charge in [-0.1, -0.05) is 34.5 Å². The first-order valence-corrected chi connectivity index (χ1v) is 13.8. The highest BCUT2D eigenvalue weighted by Gasteiger charge is 2.55. The van der Waals surface area contributed by atoms with Crippen molar-refractivity contribution in [2.45, 2.75) is 35.5 Å². The zero-order valence-electron chi connectivity index (χ0n) is 18.1. The van der Waals surface area contributed by atoms with Gasteiger partial charge in [-0.05, 0) is 79.5 Å². The van der Waals surface area contributed by atoms with E-state index in [1.807, 2.05) is 23.9 Å². The number of thioether (sulfide) groups is 1. The Morgan fingerprint density at radius 3 is 2.68 bits per heavy atom. The zero-order valence-corrected chi connectivity index (χ0v) is 21.2. The molecule has 176 valence electrons. The van der Waals surface area contributed by atoms with Crippen LogP contribution in [0.1, 0.15) is 35.6 Å². The maximum Gasteiger partial charge on any atom is 0.305 e. The summed E-state index contributed by atoms with van der Waals surface area (Å²) in [6, 6.07) is 12.5. The van der Waals surface area contributed by atoms with Crippen LogP contribution in [0.25, 0.3) is 0 Å². The SMILES string of the molecule is O=C(COc1ccc(Cl)cc1[C@@H]1c2sc(=O)[nH]c2S[C@H]2[C@H]3CC[C@@H](C3)[C@H]12)Nc1ccc(Cl)cc1. The molecular weight excluding hydrogens is 511 g/mol. The molecule has 2 aromatic carbocycles. The third-order valence-corrected chi connectivity index (χ3v) is 10.4. The number of nitrogens with one attached hydrogen (secondary N) is 2. The smallest absolute Gasteiger partial charge is 0.305 e. The average Bonchev–Trinajstić information content (AvgIpc) is 3.52. The molecule has 1 amide bonds. The van der Waals surface area contributed by atoms with Crippen LogP contribution in [0.5, 0.6) is 5.75 Å². The Morgan fingerprint density at radius 2 is 1.85 bits per heavy atom. The number of halogens is 2. The molecule has 2 N–H and O–H groups in total. The predicted molar refractivity (Wildman–Crippen MR) is 138 cm³/mol. The van der Waals surface area contributed by atoms with Crippen molar-refractivity contribution in [2.24, 2.45) is 17.8 Å². The fourth-order valence-electron chi connectivity index (χ4n) is 5.96. The van der Waals surface area contributed by atoms with E-state index in [4.69, 9.17) is 27.9 Å². The zero-order chi connectivity index (χ0) is 23.4. The van der Waals surface area contributed by atoms with Crippen molar-refractivity contribution in [2.75, 3.05) is 11.9 Å². The topological polar surface area (TPSA) is 71.2 Å². The van der Waals surface area contributed by atoms with Crippen LogP contribution in [0.2, 0.25) is 10.0 Å². The molecule has 3 aliphatic rings. The lowest BCUT2D eigenvalue weighted by molar-refractivity contribution is -0.118. The van der Waals surface area contributed by atoms with Crippen LogP contribution in [-0.2, 0) is 4.79 Å². The summed E-state index contributed by atoms with van der Waals surface area (Å²) in [5, 5.41) is 5.53. The fourth-order valence-corrected chi connectivity index (χ4v) is 9.16. The maximum absolute atomic E-state index is 12.6. The second-order valence-electron chi connectivity index (χ2n) is 9.20. The molecule has 1 aromatic heterocycles. The lowest BCUT2D eigenvalue weighted by atomic mass is 9.74. The lowest BCUT2D eigenvalue weighted by Crippen LogP contribution is -2.34. The van der Waals surface area contributed by atoms with Gasteiger partial charge in [-0.15, -0.1) is 11.8 Å². The van der Waals surface area contributed by atoms with E-state index in [9.17, 15) is 9.59 Å². The number of thiazole rings is 1. The Kier molecular flexibility index (Phi) is 5.92. The normalized spacial score (nSPS) is 26.7. The number of aromatic amines is 1. The van der Waals surface area contributed by atoms with Crippen molar-refractivity contribution >= 4 is 57.9 Å². The summed E-state index contributed by atoms with van der Waals surface area (Å²) in [6.07, 6.45) is 3.75. The highest BCUT2D eigenvalue weighted by molar-refractivity contribution is 8.00. The van der Waals surface area contributed by atoms with Crippen molar-refractivity contribution in [1.29, 1.82) is 0 Å². The van der Waals surface area contributed by atoms with E-state index in [1.54, 1.807) is 30.3 Å². The third-order valence-electron chi connectivity index (χ3n) is 7.26. The molecule has 2 fully saturated rings. The van der Waals surface area contributed by atoms with Crippen LogP contribution in [0.3, 0.4) is 0 Å². The van der Waals surface area contributed by atoms with Crippen molar-refractivity contribution in [3.8, 4) is 5.75 Å². The van der Waals surface area contributed by atoms with E-state index in [-0.39, 0.29) is 23.3 Å². The van der Waals surface area contributed by atoms with Crippen LogP contribution >= 0.6 is 46.3 Å². The number of H-pyrrole nitrogens is 1. The van der Waals surface area contributed by atoms with Crippen molar-refractivity contribution in [1.82, 2.24) is 4.98 Å². The summed E-state index contributed by atoms with van der Waals surface area (Å²) in [7, 11) is 0. The molecule has 5 atom stereocenters. The van der Waals surface area contributed by atoms with Gasteiger partial charge in [-0.25, -0.2) is 0 Å². The molecule has 3 aromatic rings. The Morgan fingerprint density at radius 1 is 1.09 bits per heavy atom. The number of carbonyl (C=O) groups excluding carboxylic acids is 1. The summed E-state index contributed by atoms with van der Waals surface area (Å²) in [4.78, 5) is 29.0. The highest BCUT2D eigenvalue weighted by atomic mass is 35.5. The summed E-state index contributed by atoms with van der Waals surface area (Å²) in [5.74, 6) is 2.18. The molecule has 2 heterocycles. The number of benzene rings is 2. The van der Waals surface area contributed by atoms with Crippen LogP contribution < -0.4 is 14.9 Å². The Bertz CT molecular complexity index is 1310.